The normalized spacial score (nSPS) is 17.4. The first-order valence-electron chi connectivity index (χ1n) is 7.14. The van der Waals surface area contributed by atoms with E-state index < -0.39 is 0 Å². The Morgan fingerprint density at radius 2 is 2.22 bits per heavy atom. The van der Waals surface area contributed by atoms with E-state index in [9.17, 15) is 0 Å². The Labute approximate surface area is 115 Å². The van der Waals surface area contributed by atoms with Gasteiger partial charge in [-0.25, -0.2) is 4.98 Å². The van der Waals surface area contributed by atoms with Gasteiger partial charge in [-0.2, -0.15) is 0 Å². The van der Waals surface area contributed by atoms with Crippen LogP contribution in [0, 0.1) is 0 Å². The Hall–Kier alpha value is -0.450. The standard InChI is InChI=1S/C14H25N3S/c1-17(14-6-3-2-4-7-14)9-5-8-15-10-13-11-18-12-16-13/h11-12,14-15H,2-10H2,1H3. The number of aromatic nitrogens is 1. The van der Waals surface area contributed by atoms with Gasteiger partial charge in [-0.3, -0.25) is 0 Å². The summed E-state index contributed by atoms with van der Waals surface area (Å²) in [7, 11) is 2.29. The fourth-order valence-corrected chi connectivity index (χ4v) is 3.26. The second kappa shape index (κ2) is 7.87. The predicted molar refractivity (Wildman–Crippen MR) is 77.9 cm³/mol. The highest BCUT2D eigenvalue weighted by Crippen LogP contribution is 2.21. The van der Waals surface area contributed by atoms with Crippen molar-refractivity contribution in [3.05, 3.63) is 16.6 Å². The SMILES string of the molecule is CN(CCCNCc1cscn1)C1CCCCC1. The van der Waals surface area contributed by atoms with Gasteiger partial charge in [-0.15, -0.1) is 11.3 Å². The zero-order chi connectivity index (χ0) is 12.6. The number of nitrogens with zero attached hydrogens (tertiary/aromatic N) is 2. The van der Waals surface area contributed by atoms with Crippen molar-refractivity contribution < 1.29 is 0 Å². The smallest absolute Gasteiger partial charge is 0.0795 e. The molecule has 1 heterocycles. The van der Waals surface area contributed by atoms with Crippen LogP contribution in [0.4, 0.5) is 0 Å². The van der Waals surface area contributed by atoms with Gasteiger partial charge in [0.1, 0.15) is 0 Å². The average molecular weight is 267 g/mol. The quantitative estimate of drug-likeness (QED) is 0.770. The molecule has 1 aliphatic rings. The highest BCUT2D eigenvalue weighted by molar-refractivity contribution is 7.07. The monoisotopic (exact) mass is 267 g/mol. The number of rotatable bonds is 7. The first-order valence-corrected chi connectivity index (χ1v) is 8.08. The lowest BCUT2D eigenvalue weighted by atomic mass is 9.94. The molecular formula is C14H25N3S. The van der Waals surface area contributed by atoms with Crippen LogP contribution in [-0.2, 0) is 6.54 Å². The Kier molecular flexibility index (Phi) is 6.11. The highest BCUT2D eigenvalue weighted by atomic mass is 32.1. The summed E-state index contributed by atoms with van der Waals surface area (Å²) in [4.78, 5) is 6.83. The van der Waals surface area contributed by atoms with E-state index in [0.29, 0.717) is 0 Å². The molecule has 1 fully saturated rings. The van der Waals surface area contributed by atoms with Crippen LogP contribution in [0.3, 0.4) is 0 Å². The summed E-state index contributed by atoms with van der Waals surface area (Å²) in [5.41, 5.74) is 3.06. The lowest BCUT2D eigenvalue weighted by Gasteiger charge is -2.31. The van der Waals surface area contributed by atoms with Crippen LogP contribution < -0.4 is 5.32 Å². The maximum absolute atomic E-state index is 4.27. The van der Waals surface area contributed by atoms with E-state index in [-0.39, 0.29) is 0 Å². The van der Waals surface area contributed by atoms with Crippen molar-refractivity contribution in [2.24, 2.45) is 0 Å². The number of hydrogen-bond acceptors (Lipinski definition) is 4. The third-order valence-electron chi connectivity index (χ3n) is 3.85. The van der Waals surface area contributed by atoms with Crippen molar-refractivity contribution in [2.75, 3.05) is 20.1 Å². The zero-order valence-corrected chi connectivity index (χ0v) is 12.2. The van der Waals surface area contributed by atoms with E-state index in [4.69, 9.17) is 0 Å². The van der Waals surface area contributed by atoms with Crippen LogP contribution in [0.1, 0.15) is 44.2 Å². The summed E-state index contributed by atoms with van der Waals surface area (Å²) in [6.45, 7) is 3.22. The molecule has 1 aliphatic carbocycles. The van der Waals surface area contributed by atoms with Crippen molar-refractivity contribution in [1.29, 1.82) is 0 Å². The van der Waals surface area contributed by atoms with E-state index in [1.54, 1.807) is 11.3 Å². The Morgan fingerprint density at radius 1 is 1.39 bits per heavy atom. The predicted octanol–water partition coefficient (Wildman–Crippen LogP) is 2.89. The summed E-state index contributed by atoms with van der Waals surface area (Å²) >= 11 is 1.67. The Bertz CT molecular complexity index is 307. The van der Waals surface area contributed by atoms with E-state index in [1.807, 2.05) is 5.51 Å². The van der Waals surface area contributed by atoms with Gasteiger partial charge in [-0.1, -0.05) is 19.3 Å². The number of thiazole rings is 1. The van der Waals surface area contributed by atoms with Gasteiger partial charge >= 0.3 is 0 Å². The molecule has 0 aromatic carbocycles. The summed E-state index contributed by atoms with van der Waals surface area (Å²) in [5, 5.41) is 5.58. The van der Waals surface area contributed by atoms with E-state index in [0.717, 1.165) is 19.1 Å². The van der Waals surface area contributed by atoms with Gasteiger partial charge in [0.25, 0.3) is 0 Å². The van der Waals surface area contributed by atoms with Gasteiger partial charge in [0.15, 0.2) is 0 Å². The van der Waals surface area contributed by atoms with Crippen LogP contribution in [0.15, 0.2) is 10.9 Å². The van der Waals surface area contributed by atoms with Crippen molar-refractivity contribution in [1.82, 2.24) is 15.2 Å². The van der Waals surface area contributed by atoms with Crippen molar-refractivity contribution in [3.8, 4) is 0 Å². The van der Waals surface area contributed by atoms with Gasteiger partial charge in [0.05, 0.1) is 11.2 Å². The molecule has 3 nitrogen and oxygen atoms in total. The van der Waals surface area contributed by atoms with Gasteiger partial charge in [0, 0.05) is 18.0 Å². The first kappa shape index (κ1) is 14.0. The molecule has 0 radical (unpaired) electrons. The molecule has 1 aromatic rings. The fraction of sp³-hybridized carbons (Fsp3) is 0.786. The molecular weight excluding hydrogens is 242 g/mol. The summed E-state index contributed by atoms with van der Waals surface area (Å²) in [5.74, 6) is 0. The Balaban J connectivity index is 1.52. The van der Waals surface area contributed by atoms with Crippen molar-refractivity contribution in [2.45, 2.75) is 51.1 Å². The summed E-state index contributed by atoms with van der Waals surface area (Å²) in [6, 6.07) is 0.845. The minimum absolute atomic E-state index is 0.845. The molecule has 0 unspecified atom stereocenters. The maximum Gasteiger partial charge on any atom is 0.0795 e. The second-order valence-electron chi connectivity index (χ2n) is 5.28. The Morgan fingerprint density at radius 3 is 2.94 bits per heavy atom. The van der Waals surface area contributed by atoms with Crippen LogP contribution in [0.2, 0.25) is 0 Å². The van der Waals surface area contributed by atoms with Crippen LogP contribution in [0.25, 0.3) is 0 Å². The third-order valence-corrected chi connectivity index (χ3v) is 4.49. The molecule has 0 bridgehead atoms. The molecule has 102 valence electrons. The minimum atomic E-state index is 0.845. The average Bonchev–Trinajstić information content (AvgIpc) is 2.92. The van der Waals surface area contributed by atoms with Crippen LogP contribution in [0.5, 0.6) is 0 Å². The van der Waals surface area contributed by atoms with Crippen molar-refractivity contribution >= 4 is 11.3 Å². The molecule has 4 heteroatoms. The van der Waals surface area contributed by atoms with Gasteiger partial charge < -0.3 is 10.2 Å². The molecule has 1 N–H and O–H groups in total. The third kappa shape index (κ3) is 4.67. The molecule has 18 heavy (non-hydrogen) atoms. The summed E-state index contributed by atoms with van der Waals surface area (Å²) < 4.78 is 0. The molecule has 0 spiro atoms. The van der Waals surface area contributed by atoms with Crippen LogP contribution in [-0.4, -0.2) is 36.1 Å². The van der Waals surface area contributed by atoms with Crippen LogP contribution >= 0.6 is 11.3 Å². The number of hydrogen-bond donors (Lipinski definition) is 1. The topological polar surface area (TPSA) is 28.2 Å². The van der Waals surface area contributed by atoms with E-state index >= 15 is 0 Å². The highest BCUT2D eigenvalue weighted by Gasteiger charge is 2.16. The first-order chi connectivity index (χ1) is 8.86. The number of nitrogens with one attached hydrogen (secondary N) is 1. The lowest BCUT2D eigenvalue weighted by Crippen LogP contribution is -2.35. The van der Waals surface area contributed by atoms with Crippen molar-refractivity contribution in [3.63, 3.8) is 0 Å². The molecule has 0 saturated heterocycles. The molecule has 0 atom stereocenters. The molecule has 0 aliphatic heterocycles. The van der Waals surface area contributed by atoms with Gasteiger partial charge in [0.2, 0.25) is 0 Å². The van der Waals surface area contributed by atoms with E-state index in [1.165, 1.54) is 50.8 Å². The fourth-order valence-electron chi connectivity index (χ4n) is 2.70. The molecule has 1 aromatic heterocycles. The minimum Gasteiger partial charge on any atom is -0.311 e. The van der Waals surface area contributed by atoms with Gasteiger partial charge in [-0.05, 0) is 39.4 Å². The molecule has 1 saturated carbocycles. The molecule has 2 rings (SSSR count). The van der Waals surface area contributed by atoms with E-state index in [2.05, 4.69) is 27.6 Å². The second-order valence-corrected chi connectivity index (χ2v) is 6.00. The lowest BCUT2D eigenvalue weighted by molar-refractivity contribution is 0.189. The maximum atomic E-state index is 4.27. The summed E-state index contributed by atoms with van der Waals surface area (Å²) in [6.07, 6.45) is 8.34. The largest absolute Gasteiger partial charge is 0.311 e. The zero-order valence-electron chi connectivity index (χ0n) is 11.4. The molecule has 0 amide bonds.